The van der Waals surface area contributed by atoms with Gasteiger partial charge >= 0.3 is 7.82 Å². The summed E-state index contributed by atoms with van der Waals surface area (Å²) >= 11 is 0. The second-order valence-electron chi connectivity index (χ2n) is 22.3. The first-order valence-electron chi connectivity index (χ1n) is 31.1. The summed E-state index contributed by atoms with van der Waals surface area (Å²) < 4.78 is 23.1. The minimum absolute atomic E-state index is 0.220. The molecule has 1 saturated carbocycles. The fourth-order valence-electron chi connectivity index (χ4n) is 10.3. The lowest BCUT2D eigenvalue weighted by Gasteiger charge is -2.41. The molecular weight excluding hydrogens is 942 g/mol. The highest BCUT2D eigenvalue weighted by atomic mass is 31.2. The molecular formula is C60H118NO11P. The molecule has 13 heteroatoms. The van der Waals surface area contributed by atoms with Crippen molar-refractivity contribution in [2.24, 2.45) is 0 Å². The lowest BCUT2D eigenvalue weighted by Crippen LogP contribution is -2.64. The first-order valence-corrected chi connectivity index (χ1v) is 32.6. The Kier molecular flexibility index (Phi) is 47.4. The molecule has 434 valence electrons. The van der Waals surface area contributed by atoms with Gasteiger partial charge in [-0.15, -0.1) is 0 Å². The van der Waals surface area contributed by atoms with Crippen LogP contribution < -0.4 is 5.32 Å². The number of allylic oxidation sites excluding steroid dienone is 1. The van der Waals surface area contributed by atoms with Crippen LogP contribution in [0.2, 0.25) is 0 Å². The van der Waals surface area contributed by atoms with Crippen molar-refractivity contribution >= 4 is 13.7 Å². The average molecular weight is 1060 g/mol. The zero-order chi connectivity index (χ0) is 53.5. The molecule has 0 aromatic heterocycles. The lowest BCUT2D eigenvalue weighted by atomic mass is 9.85. The Morgan fingerprint density at radius 3 is 1.04 bits per heavy atom. The number of rotatable bonds is 54. The fourth-order valence-corrected chi connectivity index (χ4v) is 11.3. The zero-order valence-corrected chi connectivity index (χ0v) is 48.1. The number of carbonyl (C=O) groups excluding carboxylic acids is 1. The summed E-state index contributed by atoms with van der Waals surface area (Å²) in [6.07, 6.45) is 48.8. The zero-order valence-electron chi connectivity index (χ0n) is 47.2. The molecule has 1 fully saturated rings. The molecule has 0 saturated heterocycles. The highest BCUT2D eigenvalue weighted by Crippen LogP contribution is 2.47. The van der Waals surface area contributed by atoms with Crippen LogP contribution in [0, 0.1) is 0 Å². The van der Waals surface area contributed by atoms with Gasteiger partial charge in [-0.2, -0.15) is 0 Å². The number of aliphatic hydroxyl groups is 6. The molecule has 1 rings (SSSR count). The number of carbonyl (C=O) groups is 1. The topological polar surface area (TPSA) is 206 Å². The van der Waals surface area contributed by atoms with E-state index < -0.39 is 63.2 Å². The standard InChI is InChI=1S/C60H118NO11P/c1-3-5-7-9-11-13-15-17-19-20-21-22-23-24-25-26-27-28-29-30-31-32-33-34-36-38-40-42-44-46-48-50-54(63)61-52(51-71-73(69,70)72-60-58(67)56(65)55(64)57(66)59(60)68)53(62)49-47-45-43-41-39-37-35-18-16-14-12-10-8-6-4-2/h47,49,52-53,55-60,62,64-68H,3-46,48,50-51H2,1-2H3,(H,61,63)(H,69,70)/b49-47+/t52-,53+,55?,56+,57?,58?,59?,60?/m0/s1. The normalized spacial score (nSPS) is 20.9. The maximum absolute atomic E-state index is 13.1. The van der Waals surface area contributed by atoms with Crippen molar-refractivity contribution in [1.29, 1.82) is 0 Å². The van der Waals surface area contributed by atoms with Crippen molar-refractivity contribution in [3.63, 3.8) is 0 Å². The third-order valence-corrected chi connectivity index (χ3v) is 16.3. The molecule has 0 aliphatic heterocycles. The molecule has 6 unspecified atom stereocenters. The molecule has 0 aromatic carbocycles. The number of hydrogen-bond acceptors (Lipinski definition) is 10. The number of hydrogen-bond donors (Lipinski definition) is 8. The molecule has 1 aliphatic rings. The Morgan fingerprint density at radius 1 is 0.452 bits per heavy atom. The average Bonchev–Trinajstić information content (AvgIpc) is 3.38. The van der Waals surface area contributed by atoms with Gasteiger partial charge in [0.1, 0.15) is 36.6 Å². The van der Waals surface area contributed by atoms with E-state index in [4.69, 9.17) is 9.05 Å². The van der Waals surface area contributed by atoms with E-state index in [1.54, 1.807) is 6.08 Å². The van der Waals surface area contributed by atoms with Crippen LogP contribution in [0.25, 0.3) is 0 Å². The smallest absolute Gasteiger partial charge is 0.387 e. The van der Waals surface area contributed by atoms with Gasteiger partial charge in [0.25, 0.3) is 0 Å². The van der Waals surface area contributed by atoms with Gasteiger partial charge in [0, 0.05) is 6.42 Å². The Bertz CT molecular complexity index is 1280. The first kappa shape index (κ1) is 70.1. The maximum atomic E-state index is 13.1. The third kappa shape index (κ3) is 40.0. The van der Waals surface area contributed by atoms with Crippen molar-refractivity contribution in [3.05, 3.63) is 12.2 Å². The van der Waals surface area contributed by atoms with E-state index in [0.717, 1.165) is 44.9 Å². The van der Waals surface area contributed by atoms with Gasteiger partial charge in [0.15, 0.2) is 0 Å². The van der Waals surface area contributed by atoms with E-state index in [-0.39, 0.29) is 12.3 Å². The molecule has 0 spiro atoms. The highest BCUT2D eigenvalue weighted by molar-refractivity contribution is 7.47. The molecule has 73 heavy (non-hydrogen) atoms. The molecule has 0 aromatic rings. The Hall–Kier alpha value is -0.920. The first-order chi connectivity index (χ1) is 35.4. The van der Waals surface area contributed by atoms with E-state index in [1.807, 2.05) is 6.08 Å². The van der Waals surface area contributed by atoms with Gasteiger partial charge in [-0.05, 0) is 19.3 Å². The maximum Gasteiger partial charge on any atom is 0.472 e. The van der Waals surface area contributed by atoms with Crippen molar-refractivity contribution in [2.75, 3.05) is 6.61 Å². The van der Waals surface area contributed by atoms with Gasteiger partial charge in [-0.3, -0.25) is 13.8 Å². The second kappa shape index (κ2) is 49.4. The summed E-state index contributed by atoms with van der Waals surface area (Å²) in [6, 6.07) is -1.11. The van der Waals surface area contributed by atoms with E-state index in [9.17, 15) is 44.9 Å². The van der Waals surface area contributed by atoms with Crippen molar-refractivity contribution in [2.45, 2.75) is 358 Å². The minimum atomic E-state index is -5.08. The van der Waals surface area contributed by atoms with Crippen LogP contribution in [0.4, 0.5) is 0 Å². The molecule has 1 aliphatic carbocycles. The summed E-state index contributed by atoms with van der Waals surface area (Å²) in [5, 5.41) is 64.3. The van der Waals surface area contributed by atoms with Gasteiger partial charge in [-0.25, -0.2) is 4.57 Å². The largest absolute Gasteiger partial charge is 0.472 e. The van der Waals surface area contributed by atoms with Crippen LogP contribution >= 0.6 is 7.82 Å². The molecule has 12 nitrogen and oxygen atoms in total. The molecule has 8 N–H and O–H groups in total. The molecule has 0 heterocycles. The van der Waals surface area contributed by atoms with E-state index >= 15 is 0 Å². The quantitative estimate of drug-likeness (QED) is 0.0163. The Morgan fingerprint density at radius 2 is 0.726 bits per heavy atom. The Labute approximate surface area is 448 Å². The summed E-state index contributed by atoms with van der Waals surface area (Å²) in [5.41, 5.74) is 0. The Balaban J connectivity index is 2.22. The second-order valence-corrected chi connectivity index (χ2v) is 23.7. The number of nitrogens with one attached hydrogen (secondary N) is 1. The highest BCUT2D eigenvalue weighted by Gasteiger charge is 2.51. The van der Waals surface area contributed by atoms with Crippen LogP contribution in [-0.4, -0.2) is 96.8 Å². The van der Waals surface area contributed by atoms with E-state index in [0.29, 0.717) is 6.42 Å². The summed E-state index contributed by atoms with van der Waals surface area (Å²) in [7, 11) is -5.08. The van der Waals surface area contributed by atoms with E-state index in [2.05, 4.69) is 19.2 Å². The van der Waals surface area contributed by atoms with Crippen molar-refractivity contribution in [1.82, 2.24) is 5.32 Å². The SMILES string of the molecule is CCCCCCCCCCCCCCC/C=C/[C@@H](O)[C@H](COP(=O)(O)OC1C(O)C(O)C(O)[C@@H](O)C1O)NC(=O)CCCCCCCCCCCCCCCCCCCCCCCCCCCCCCCCC. The van der Waals surface area contributed by atoms with E-state index in [1.165, 1.54) is 238 Å². The third-order valence-electron chi connectivity index (χ3n) is 15.3. The molecule has 0 radical (unpaired) electrons. The minimum Gasteiger partial charge on any atom is -0.387 e. The van der Waals surface area contributed by atoms with Crippen LogP contribution in [-0.2, 0) is 18.4 Å². The molecule has 1 amide bonds. The lowest BCUT2D eigenvalue weighted by molar-refractivity contribution is -0.220. The molecule has 9 atom stereocenters. The summed E-state index contributed by atoms with van der Waals surface area (Å²) in [6.45, 7) is 3.89. The molecule has 0 bridgehead atoms. The van der Waals surface area contributed by atoms with Gasteiger partial charge in [0.2, 0.25) is 5.91 Å². The number of phosphoric acid groups is 1. The van der Waals surface area contributed by atoms with Crippen LogP contribution in [0.1, 0.15) is 309 Å². The number of unbranched alkanes of at least 4 members (excludes halogenated alkanes) is 43. The predicted octanol–water partition coefficient (Wildman–Crippen LogP) is 14.7. The summed E-state index contributed by atoms with van der Waals surface area (Å²) in [5.74, 6) is -0.333. The number of aliphatic hydroxyl groups excluding tert-OH is 6. The monoisotopic (exact) mass is 1060 g/mol. The predicted molar refractivity (Wildman–Crippen MR) is 301 cm³/mol. The summed E-state index contributed by atoms with van der Waals surface area (Å²) in [4.78, 5) is 23.6. The van der Waals surface area contributed by atoms with Gasteiger partial charge in [-0.1, -0.05) is 296 Å². The van der Waals surface area contributed by atoms with Gasteiger partial charge < -0.3 is 40.8 Å². The van der Waals surface area contributed by atoms with Crippen LogP contribution in [0.3, 0.4) is 0 Å². The van der Waals surface area contributed by atoms with Crippen molar-refractivity contribution < 1.29 is 53.9 Å². The van der Waals surface area contributed by atoms with Gasteiger partial charge in [0.05, 0.1) is 18.8 Å². The number of amides is 1. The number of phosphoric ester groups is 1. The van der Waals surface area contributed by atoms with Crippen LogP contribution in [0.15, 0.2) is 12.2 Å². The fraction of sp³-hybridized carbons (Fsp3) is 0.950. The van der Waals surface area contributed by atoms with Crippen molar-refractivity contribution in [3.8, 4) is 0 Å². The van der Waals surface area contributed by atoms with Crippen LogP contribution in [0.5, 0.6) is 0 Å².